The van der Waals surface area contributed by atoms with Gasteiger partial charge in [0.1, 0.15) is 17.5 Å². The van der Waals surface area contributed by atoms with Crippen LogP contribution in [0.25, 0.3) is 22.6 Å². The number of anilines is 1. The molecule has 4 N–H and O–H groups in total. The molecule has 96 valence electrons. The summed E-state index contributed by atoms with van der Waals surface area (Å²) in [5.41, 5.74) is 5.05. The number of fused-ring (bicyclic) bond motifs is 1. The van der Waals surface area contributed by atoms with E-state index in [0.29, 0.717) is 0 Å². The molecule has 0 saturated carbocycles. The van der Waals surface area contributed by atoms with Crippen LogP contribution in [0.1, 0.15) is 0 Å². The third-order valence-corrected chi connectivity index (χ3v) is 2.57. The molecule has 0 amide bonds. The van der Waals surface area contributed by atoms with Gasteiger partial charge >= 0.3 is 0 Å². The van der Waals surface area contributed by atoms with Crippen LogP contribution in [0.5, 0.6) is 0 Å². The van der Waals surface area contributed by atoms with Gasteiger partial charge in [0.2, 0.25) is 5.95 Å². The van der Waals surface area contributed by atoms with Crippen LogP contribution in [0.3, 0.4) is 0 Å². The molecule has 0 aliphatic carbocycles. The predicted molar refractivity (Wildman–Crippen MR) is 64.3 cm³/mol. The Labute approximate surface area is 104 Å². The second-order valence-electron chi connectivity index (χ2n) is 3.86. The molecule has 6 nitrogen and oxygen atoms in total. The van der Waals surface area contributed by atoms with E-state index < -0.39 is 17.2 Å². The highest BCUT2D eigenvalue weighted by atomic mass is 19.1. The van der Waals surface area contributed by atoms with Crippen LogP contribution in [0.2, 0.25) is 0 Å². The number of halogens is 2. The van der Waals surface area contributed by atoms with Gasteiger partial charge in [-0.3, -0.25) is 9.78 Å². The highest BCUT2D eigenvalue weighted by molar-refractivity contribution is 5.75. The van der Waals surface area contributed by atoms with Crippen molar-refractivity contribution in [3.8, 4) is 11.4 Å². The van der Waals surface area contributed by atoms with Crippen LogP contribution in [0.15, 0.2) is 23.0 Å². The van der Waals surface area contributed by atoms with Crippen molar-refractivity contribution in [2.75, 3.05) is 5.73 Å². The van der Waals surface area contributed by atoms with E-state index in [-0.39, 0.29) is 28.5 Å². The number of nitrogens with two attached hydrogens (primary N) is 1. The van der Waals surface area contributed by atoms with Gasteiger partial charge in [0, 0.05) is 6.07 Å². The Hall–Kier alpha value is -2.77. The number of benzene rings is 1. The summed E-state index contributed by atoms with van der Waals surface area (Å²) in [4.78, 5) is 24.3. The van der Waals surface area contributed by atoms with Gasteiger partial charge in [-0.1, -0.05) is 0 Å². The Morgan fingerprint density at radius 3 is 2.68 bits per heavy atom. The topological polar surface area (TPSA) is 100 Å². The maximum Gasteiger partial charge on any atom is 0.278 e. The number of hydrogen-bond acceptors (Lipinski definition) is 4. The molecule has 8 heteroatoms. The van der Waals surface area contributed by atoms with Gasteiger partial charge in [-0.25, -0.2) is 13.8 Å². The molecule has 0 aliphatic rings. The lowest BCUT2D eigenvalue weighted by Crippen LogP contribution is -2.10. The normalized spacial score (nSPS) is 11.1. The van der Waals surface area contributed by atoms with E-state index in [4.69, 9.17) is 5.73 Å². The molecule has 3 rings (SSSR count). The van der Waals surface area contributed by atoms with Crippen LogP contribution in [0, 0.1) is 11.6 Å². The van der Waals surface area contributed by atoms with E-state index in [1.807, 2.05) is 0 Å². The molecule has 1 aromatic carbocycles. The summed E-state index contributed by atoms with van der Waals surface area (Å²) in [6.45, 7) is 0. The molecule has 19 heavy (non-hydrogen) atoms. The van der Waals surface area contributed by atoms with Gasteiger partial charge in [0.15, 0.2) is 11.2 Å². The maximum atomic E-state index is 13.6. The number of nitrogens with one attached hydrogen (secondary N) is 2. The first-order chi connectivity index (χ1) is 9.04. The third-order valence-electron chi connectivity index (χ3n) is 2.57. The van der Waals surface area contributed by atoms with E-state index >= 15 is 0 Å². The number of H-pyrrole nitrogens is 2. The third kappa shape index (κ3) is 1.82. The van der Waals surface area contributed by atoms with Gasteiger partial charge < -0.3 is 10.7 Å². The van der Waals surface area contributed by atoms with Crippen molar-refractivity contribution >= 4 is 17.1 Å². The number of aromatic amines is 2. The summed E-state index contributed by atoms with van der Waals surface area (Å²) < 4.78 is 26.4. The van der Waals surface area contributed by atoms with Crippen LogP contribution < -0.4 is 11.3 Å². The SMILES string of the molecule is Nc1nc2nc(-c3ccc(F)cc3F)[nH]c2c(=O)[nH]1. The summed E-state index contributed by atoms with van der Waals surface area (Å²) in [6, 6.07) is 3.05. The van der Waals surface area contributed by atoms with Crippen molar-refractivity contribution in [1.82, 2.24) is 19.9 Å². The smallest absolute Gasteiger partial charge is 0.278 e. The second-order valence-corrected chi connectivity index (χ2v) is 3.86. The van der Waals surface area contributed by atoms with E-state index in [1.165, 1.54) is 6.07 Å². The minimum absolute atomic E-state index is 0.0392. The molecule has 0 saturated heterocycles. The number of nitrogen functional groups attached to an aromatic ring is 1. The predicted octanol–water partition coefficient (Wildman–Crippen LogP) is 1.17. The minimum Gasteiger partial charge on any atom is -0.369 e. The number of rotatable bonds is 1. The first-order valence-electron chi connectivity index (χ1n) is 5.25. The standard InChI is InChI=1S/C11H7F2N5O/c12-4-1-2-5(6(13)3-4)8-15-7-9(16-8)17-11(14)18-10(7)19/h1-3H,(H4,14,15,16,17,18,19). The molecular weight excluding hydrogens is 256 g/mol. The summed E-state index contributed by atoms with van der Waals surface area (Å²) in [7, 11) is 0. The van der Waals surface area contributed by atoms with Crippen molar-refractivity contribution in [2.24, 2.45) is 0 Å². The molecule has 0 atom stereocenters. The summed E-state index contributed by atoms with van der Waals surface area (Å²) in [5.74, 6) is -1.49. The lowest BCUT2D eigenvalue weighted by molar-refractivity contribution is 0.585. The molecular formula is C11H7F2N5O. The fourth-order valence-electron chi connectivity index (χ4n) is 1.73. The largest absolute Gasteiger partial charge is 0.369 e. The zero-order valence-electron chi connectivity index (χ0n) is 9.37. The van der Waals surface area contributed by atoms with Gasteiger partial charge in [-0.15, -0.1) is 0 Å². The van der Waals surface area contributed by atoms with Crippen LogP contribution in [-0.4, -0.2) is 19.9 Å². The van der Waals surface area contributed by atoms with Crippen molar-refractivity contribution in [3.63, 3.8) is 0 Å². The van der Waals surface area contributed by atoms with Gasteiger partial charge in [-0.2, -0.15) is 4.98 Å². The zero-order valence-corrected chi connectivity index (χ0v) is 9.37. The second kappa shape index (κ2) is 3.87. The highest BCUT2D eigenvalue weighted by Crippen LogP contribution is 2.21. The molecule has 0 fully saturated rings. The molecule has 2 aromatic heterocycles. The van der Waals surface area contributed by atoms with E-state index in [0.717, 1.165) is 12.1 Å². The summed E-state index contributed by atoms with van der Waals surface area (Å²) in [5, 5.41) is 0. The van der Waals surface area contributed by atoms with Gasteiger partial charge in [0.05, 0.1) is 5.56 Å². The number of hydrogen-bond donors (Lipinski definition) is 3. The highest BCUT2D eigenvalue weighted by Gasteiger charge is 2.13. The van der Waals surface area contributed by atoms with E-state index in [1.54, 1.807) is 0 Å². The van der Waals surface area contributed by atoms with Crippen molar-refractivity contribution < 1.29 is 8.78 Å². The Kier molecular flexibility index (Phi) is 2.31. The maximum absolute atomic E-state index is 13.6. The molecule has 3 aromatic rings. The number of nitrogens with zero attached hydrogens (tertiary/aromatic N) is 2. The summed E-state index contributed by atoms with van der Waals surface area (Å²) in [6.07, 6.45) is 0. The van der Waals surface area contributed by atoms with Crippen molar-refractivity contribution in [2.45, 2.75) is 0 Å². The Morgan fingerprint density at radius 2 is 1.95 bits per heavy atom. The van der Waals surface area contributed by atoms with Crippen LogP contribution >= 0.6 is 0 Å². The van der Waals surface area contributed by atoms with Gasteiger partial charge in [0.25, 0.3) is 5.56 Å². The van der Waals surface area contributed by atoms with Crippen molar-refractivity contribution in [3.05, 3.63) is 40.2 Å². The zero-order chi connectivity index (χ0) is 13.6. The monoisotopic (exact) mass is 263 g/mol. The quantitative estimate of drug-likeness (QED) is 0.613. The lowest BCUT2D eigenvalue weighted by Gasteiger charge is -1.98. The average Bonchev–Trinajstić information content (AvgIpc) is 2.72. The lowest BCUT2D eigenvalue weighted by atomic mass is 10.2. The Morgan fingerprint density at radius 1 is 1.16 bits per heavy atom. The fourth-order valence-corrected chi connectivity index (χ4v) is 1.73. The number of aromatic nitrogens is 4. The molecule has 2 heterocycles. The van der Waals surface area contributed by atoms with E-state index in [2.05, 4.69) is 19.9 Å². The minimum atomic E-state index is -0.788. The Balaban J connectivity index is 2.26. The van der Waals surface area contributed by atoms with Crippen LogP contribution in [-0.2, 0) is 0 Å². The number of imidazole rings is 1. The molecule has 0 aliphatic heterocycles. The van der Waals surface area contributed by atoms with Crippen molar-refractivity contribution in [1.29, 1.82) is 0 Å². The molecule has 0 unspecified atom stereocenters. The summed E-state index contributed by atoms with van der Waals surface area (Å²) >= 11 is 0. The van der Waals surface area contributed by atoms with E-state index in [9.17, 15) is 13.6 Å². The fraction of sp³-hybridized carbons (Fsp3) is 0. The van der Waals surface area contributed by atoms with Gasteiger partial charge in [-0.05, 0) is 12.1 Å². The molecule has 0 bridgehead atoms. The molecule has 0 spiro atoms. The molecule has 0 radical (unpaired) electrons. The first kappa shape index (κ1) is 11.3. The average molecular weight is 263 g/mol. The van der Waals surface area contributed by atoms with Crippen LogP contribution in [0.4, 0.5) is 14.7 Å². The Bertz CT molecular complexity index is 839. The first-order valence-corrected chi connectivity index (χ1v) is 5.25.